The molecule has 0 spiro atoms. The molecule has 9 heteroatoms. The van der Waals surface area contributed by atoms with Crippen LogP contribution in [-0.2, 0) is 9.59 Å². The number of amides is 1. The molecule has 4 rings (SSSR count). The van der Waals surface area contributed by atoms with Crippen LogP contribution in [0, 0.1) is 5.92 Å². The van der Waals surface area contributed by atoms with E-state index in [0.717, 1.165) is 28.6 Å². The van der Waals surface area contributed by atoms with Crippen molar-refractivity contribution in [2.45, 2.75) is 26.3 Å². The minimum Gasteiger partial charge on any atom is -0.480 e. The van der Waals surface area contributed by atoms with Gasteiger partial charge in [0.05, 0.1) is 10.6 Å². The van der Waals surface area contributed by atoms with Gasteiger partial charge in [0.2, 0.25) is 6.79 Å². The minimum atomic E-state index is -1.05. The fraction of sp³-hybridized carbons (Fsp3) is 0.273. The molecule has 2 atom stereocenters. The van der Waals surface area contributed by atoms with E-state index in [1.165, 1.54) is 4.90 Å². The molecule has 1 aromatic carbocycles. The third-order valence-corrected chi connectivity index (χ3v) is 6.62. The van der Waals surface area contributed by atoms with Crippen LogP contribution >= 0.6 is 24.0 Å². The van der Waals surface area contributed by atoms with Crippen LogP contribution in [0.4, 0.5) is 0 Å². The first-order valence-electron chi connectivity index (χ1n) is 9.75. The number of thioether (sulfide) groups is 1. The standard InChI is InChI=1S/C22H20N2O5S2/c1-3-12(2)19(21(26)27)24-20(25)18(31-22(24)30)8-13-4-6-15(23-10-13)14-5-7-16-17(9-14)29-11-28-16/h4-10,12,19H,3,11H2,1-2H3,(H,26,27)/b18-8+/t12?,19-/m0/s1. The van der Waals surface area contributed by atoms with Gasteiger partial charge in [0, 0.05) is 11.8 Å². The van der Waals surface area contributed by atoms with Crippen molar-refractivity contribution >= 4 is 46.3 Å². The second-order valence-electron chi connectivity index (χ2n) is 7.27. The number of pyridine rings is 1. The van der Waals surface area contributed by atoms with Crippen molar-refractivity contribution in [3.05, 3.63) is 47.0 Å². The van der Waals surface area contributed by atoms with Crippen molar-refractivity contribution in [3.8, 4) is 22.8 Å². The maximum absolute atomic E-state index is 12.9. The molecule has 1 aromatic heterocycles. The topological polar surface area (TPSA) is 89.0 Å². The highest BCUT2D eigenvalue weighted by Gasteiger charge is 2.42. The average molecular weight is 457 g/mol. The number of hydrogen-bond acceptors (Lipinski definition) is 7. The molecular weight excluding hydrogens is 436 g/mol. The van der Waals surface area contributed by atoms with Gasteiger partial charge in [-0.25, -0.2) is 4.79 Å². The van der Waals surface area contributed by atoms with Gasteiger partial charge in [-0.1, -0.05) is 50.3 Å². The summed E-state index contributed by atoms with van der Waals surface area (Å²) in [7, 11) is 0. The van der Waals surface area contributed by atoms with E-state index in [4.69, 9.17) is 21.7 Å². The maximum Gasteiger partial charge on any atom is 0.327 e. The Bertz CT molecular complexity index is 1080. The summed E-state index contributed by atoms with van der Waals surface area (Å²) in [6.45, 7) is 3.91. The first-order valence-corrected chi connectivity index (χ1v) is 11.0. The van der Waals surface area contributed by atoms with E-state index in [1.807, 2.05) is 37.3 Å². The van der Waals surface area contributed by atoms with Gasteiger partial charge in [0.25, 0.3) is 5.91 Å². The first-order chi connectivity index (χ1) is 14.9. The van der Waals surface area contributed by atoms with Crippen molar-refractivity contribution in [1.29, 1.82) is 0 Å². The number of rotatable bonds is 6. The number of hydrogen-bond donors (Lipinski definition) is 1. The lowest BCUT2D eigenvalue weighted by molar-refractivity contribution is -0.147. The SMILES string of the molecule is CCC(C)[C@@H](C(=O)O)N1C(=O)/C(=C\c2ccc(-c3ccc4c(c3)OCO4)nc2)SC1=S. The summed E-state index contributed by atoms with van der Waals surface area (Å²) in [6.07, 6.45) is 3.97. The van der Waals surface area contributed by atoms with E-state index < -0.39 is 12.0 Å². The van der Waals surface area contributed by atoms with E-state index in [1.54, 1.807) is 19.2 Å². The summed E-state index contributed by atoms with van der Waals surface area (Å²) in [5.74, 6) is -0.271. The molecule has 0 aliphatic carbocycles. The van der Waals surface area contributed by atoms with Gasteiger partial charge in [0.1, 0.15) is 10.4 Å². The Morgan fingerprint density at radius 3 is 2.77 bits per heavy atom. The van der Waals surface area contributed by atoms with Crippen molar-refractivity contribution in [2.24, 2.45) is 5.92 Å². The second kappa shape index (κ2) is 8.68. The van der Waals surface area contributed by atoms with Crippen LogP contribution in [0.15, 0.2) is 41.4 Å². The molecular formula is C22H20N2O5S2. The predicted molar refractivity (Wildman–Crippen MR) is 122 cm³/mol. The van der Waals surface area contributed by atoms with Crippen LogP contribution in [0.2, 0.25) is 0 Å². The van der Waals surface area contributed by atoms with Gasteiger partial charge in [-0.05, 0) is 41.8 Å². The van der Waals surface area contributed by atoms with Crippen LogP contribution < -0.4 is 9.47 Å². The smallest absolute Gasteiger partial charge is 0.327 e. The molecule has 2 aliphatic heterocycles. The highest BCUT2D eigenvalue weighted by atomic mass is 32.2. The summed E-state index contributed by atoms with van der Waals surface area (Å²) >= 11 is 6.44. The zero-order chi connectivity index (χ0) is 22.1. The van der Waals surface area contributed by atoms with Crippen molar-refractivity contribution in [3.63, 3.8) is 0 Å². The van der Waals surface area contributed by atoms with Gasteiger partial charge in [-0.3, -0.25) is 14.7 Å². The highest BCUT2D eigenvalue weighted by Crippen LogP contribution is 2.37. The molecule has 31 heavy (non-hydrogen) atoms. The predicted octanol–water partition coefficient (Wildman–Crippen LogP) is 4.18. The van der Waals surface area contributed by atoms with E-state index in [9.17, 15) is 14.7 Å². The van der Waals surface area contributed by atoms with Crippen LogP contribution in [0.3, 0.4) is 0 Å². The maximum atomic E-state index is 12.9. The number of aromatic nitrogens is 1. The quantitative estimate of drug-likeness (QED) is 0.512. The summed E-state index contributed by atoms with van der Waals surface area (Å²) < 4.78 is 11.0. The Hall–Kier alpha value is -2.91. The number of carboxylic acids is 1. The molecule has 160 valence electrons. The molecule has 1 fully saturated rings. The Morgan fingerprint density at radius 2 is 2.10 bits per heavy atom. The van der Waals surface area contributed by atoms with Crippen molar-refractivity contribution in [1.82, 2.24) is 9.88 Å². The molecule has 1 saturated heterocycles. The lowest BCUT2D eigenvalue weighted by Gasteiger charge is -2.27. The number of ether oxygens (including phenoxy) is 2. The Labute approximate surface area is 189 Å². The van der Waals surface area contributed by atoms with Gasteiger partial charge < -0.3 is 14.6 Å². The normalized spacial score (nSPS) is 18.5. The molecule has 1 amide bonds. The zero-order valence-corrected chi connectivity index (χ0v) is 18.5. The van der Waals surface area contributed by atoms with Gasteiger partial charge in [-0.2, -0.15) is 0 Å². The molecule has 0 bridgehead atoms. The number of aliphatic carboxylic acids is 1. The highest BCUT2D eigenvalue weighted by molar-refractivity contribution is 8.26. The molecule has 1 unspecified atom stereocenters. The lowest BCUT2D eigenvalue weighted by atomic mass is 9.98. The molecule has 2 aliphatic rings. The Balaban J connectivity index is 1.55. The number of nitrogens with zero attached hydrogens (tertiary/aromatic N) is 2. The van der Waals surface area contributed by atoms with E-state index in [2.05, 4.69) is 4.98 Å². The number of benzene rings is 1. The number of carbonyl (C=O) groups is 2. The third kappa shape index (κ3) is 4.15. The largest absolute Gasteiger partial charge is 0.480 e. The van der Waals surface area contributed by atoms with Crippen molar-refractivity contribution in [2.75, 3.05) is 6.79 Å². The van der Waals surface area contributed by atoms with E-state index >= 15 is 0 Å². The lowest BCUT2D eigenvalue weighted by Crippen LogP contribution is -2.47. The molecule has 0 radical (unpaired) electrons. The van der Waals surface area contributed by atoms with Crippen LogP contribution in [0.5, 0.6) is 11.5 Å². The fourth-order valence-corrected chi connectivity index (χ4v) is 4.75. The van der Waals surface area contributed by atoms with Crippen molar-refractivity contribution < 1.29 is 24.2 Å². The second-order valence-corrected chi connectivity index (χ2v) is 8.94. The minimum absolute atomic E-state index is 0.211. The Kier molecular flexibility index (Phi) is 5.97. The van der Waals surface area contributed by atoms with E-state index in [0.29, 0.717) is 22.8 Å². The van der Waals surface area contributed by atoms with Crippen LogP contribution in [0.25, 0.3) is 17.3 Å². The number of carboxylic acid groups (broad SMARTS) is 1. The molecule has 1 N–H and O–H groups in total. The zero-order valence-electron chi connectivity index (χ0n) is 16.9. The molecule has 2 aromatic rings. The molecule has 0 saturated carbocycles. The van der Waals surface area contributed by atoms with Gasteiger partial charge in [-0.15, -0.1) is 0 Å². The monoisotopic (exact) mass is 456 g/mol. The summed E-state index contributed by atoms with van der Waals surface area (Å²) in [6, 6.07) is 8.34. The summed E-state index contributed by atoms with van der Waals surface area (Å²) in [4.78, 5) is 30.8. The number of thiocarbonyl (C=S) groups is 1. The number of carbonyl (C=O) groups excluding carboxylic acids is 1. The molecule has 3 heterocycles. The van der Waals surface area contributed by atoms with Crippen LogP contribution in [-0.4, -0.2) is 44.0 Å². The summed E-state index contributed by atoms with van der Waals surface area (Å²) in [5, 5.41) is 9.63. The third-order valence-electron chi connectivity index (χ3n) is 5.29. The average Bonchev–Trinajstić information content (AvgIpc) is 3.33. The molecule has 7 nitrogen and oxygen atoms in total. The summed E-state index contributed by atoms with van der Waals surface area (Å²) in [5.41, 5.74) is 2.37. The fourth-order valence-electron chi connectivity index (χ4n) is 3.42. The van der Waals surface area contributed by atoms with E-state index in [-0.39, 0.29) is 22.9 Å². The number of fused-ring (bicyclic) bond motifs is 1. The van der Waals surface area contributed by atoms with Gasteiger partial charge in [0.15, 0.2) is 11.5 Å². The van der Waals surface area contributed by atoms with Crippen LogP contribution in [0.1, 0.15) is 25.8 Å². The first kappa shape index (κ1) is 21.3. The van der Waals surface area contributed by atoms with Gasteiger partial charge >= 0.3 is 5.97 Å². The Morgan fingerprint density at radius 1 is 1.32 bits per heavy atom.